The van der Waals surface area contributed by atoms with E-state index in [1.807, 2.05) is 18.2 Å². The Balaban J connectivity index is 1.81. The third-order valence-corrected chi connectivity index (χ3v) is 5.41. The van der Waals surface area contributed by atoms with Crippen molar-refractivity contribution in [3.8, 4) is 0 Å². The number of halogens is 2. The SMILES string of the molecule is CC1(C)C(Nc2cccc(Cl)c2Cl)C2CCCOC21. The Morgan fingerprint density at radius 2 is 2.11 bits per heavy atom. The average Bonchev–Trinajstić information content (AvgIpc) is 2.40. The zero-order chi connectivity index (χ0) is 13.6. The van der Waals surface area contributed by atoms with Gasteiger partial charge < -0.3 is 10.1 Å². The molecule has 1 aromatic carbocycles. The van der Waals surface area contributed by atoms with E-state index >= 15 is 0 Å². The molecule has 1 aliphatic carbocycles. The fourth-order valence-corrected chi connectivity index (χ4v) is 3.95. The summed E-state index contributed by atoms with van der Waals surface area (Å²) in [6.07, 6.45) is 2.75. The van der Waals surface area contributed by atoms with Crippen molar-refractivity contribution < 1.29 is 4.74 Å². The van der Waals surface area contributed by atoms with Gasteiger partial charge in [-0.05, 0) is 25.0 Å². The molecule has 1 N–H and O–H groups in total. The van der Waals surface area contributed by atoms with Gasteiger partial charge in [0.1, 0.15) is 0 Å². The van der Waals surface area contributed by atoms with Crippen molar-refractivity contribution in [3.05, 3.63) is 28.2 Å². The highest BCUT2D eigenvalue weighted by Crippen LogP contribution is 2.52. The first-order valence-corrected chi connectivity index (χ1v) is 7.59. The molecule has 1 aromatic rings. The molecule has 0 aromatic heterocycles. The van der Waals surface area contributed by atoms with Crippen LogP contribution in [0.4, 0.5) is 5.69 Å². The highest BCUT2D eigenvalue weighted by atomic mass is 35.5. The Kier molecular flexibility index (Phi) is 3.45. The summed E-state index contributed by atoms with van der Waals surface area (Å²) in [7, 11) is 0. The molecule has 1 saturated carbocycles. The van der Waals surface area contributed by atoms with E-state index in [1.165, 1.54) is 6.42 Å². The van der Waals surface area contributed by atoms with E-state index in [2.05, 4.69) is 19.2 Å². The standard InChI is InChI=1S/C15H19Cl2NO/c1-15(2)13(9-5-4-8-19-14(9)15)18-11-7-3-6-10(16)12(11)17/h3,6-7,9,13-14,18H,4-5,8H2,1-2H3. The van der Waals surface area contributed by atoms with Crippen LogP contribution in [0.15, 0.2) is 18.2 Å². The van der Waals surface area contributed by atoms with Crippen LogP contribution in [0.3, 0.4) is 0 Å². The number of nitrogens with one attached hydrogen (secondary N) is 1. The molecule has 1 aliphatic heterocycles. The van der Waals surface area contributed by atoms with Crippen LogP contribution in [0.5, 0.6) is 0 Å². The molecule has 3 unspecified atom stereocenters. The number of benzene rings is 1. The van der Waals surface area contributed by atoms with Gasteiger partial charge in [0.25, 0.3) is 0 Å². The van der Waals surface area contributed by atoms with Crippen LogP contribution < -0.4 is 5.32 Å². The molecule has 19 heavy (non-hydrogen) atoms. The van der Waals surface area contributed by atoms with E-state index in [9.17, 15) is 0 Å². The van der Waals surface area contributed by atoms with Gasteiger partial charge in [-0.15, -0.1) is 0 Å². The predicted molar refractivity (Wildman–Crippen MR) is 80.1 cm³/mol. The molecule has 2 nitrogen and oxygen atoms in total. The third kappa shape index (κ3) is 2.14. The second kappa shape index (κ2) is 4.83. The first-order valence-electron chi connectivity index (χ1n) is 6.84. The lowest BCUT2D eigenvalue weighted by Crippen LogP contribution is -2.67. The molecule has 3 atom stereocenters. The minimum absolute atomic E-state index is 0.136. The Bertz CT molecular complexity index is 489. The van der Waals surface area contributed by atoms with Gasteiger partial charge in [-0.1, -0.05) is 43.1 Å². The number of hydrogen-bond donors (Lipinski definition) is 1. The van der Waals surface area contributed by atoms with Crippen molar-refractivity contribution in [2.75, 3.05) is 11.9 Å². The van der Waals surface area contributed by atoms with E-state index in [0.717, 1.165) is 18.7 Å². The molecule has 0 spiro atoms. The largest absolute Gasteiger partial charge is 0.380 e. The molecule has 104 valence electrons. The Labute approximate surface area is 124 Å². The van der Waals surface area contributed by atoms with Gasteiger partial charge in [-0.2, -0.15) is 0 Å². The second-order valence-corrected chi connectivity index (χ2v) is 6.93. The smallest absolute Gasteiger partial charge is 0.0823 e. The van der Waals surface area contributed by atoms with Crippen molar-refractivity contribution >= 4 is 28.9 Å². The summed E-state index contributed by atoms with van der Waals surface area (Å²) in [5, 5.41) is 4.79. The topological polar surface area (TPSA) is 21.3 Å². The first-order chi connectivity index (χ1) is 9.01. The van der Waals surface area contributed by atoms with Crippen molar-refractivity contribution in [3.63, 3.8) is 0 Å². The lowest BCUT2D eigenvalue weighted by atomic mass is 9.55. The van der Waals surface area contributed by atoms with E-state index in [0.29, 0.717) is 28.1 Å². The summed E-state index contributed by atoms with van der Waals surface area (Å²) < 4.78 is 5.92. The van der Waals surface area contributed by atoms with Gasteiger partial charge in [0.05, 0.1) is 21.8 Å². The molecule has 1 heterocycles. The molecule has 4 heteroatoms. The lowest BCUT2D eigenvalue weighted by Gasteiger charge is -2.60. The molecule has 1 saturated heterocycles. The molecule has 0 amide bonds. The lowest BCUT2D eigenvalue weighted by molar-refractivity contribution is -0.177. The zero-order valence-electron chi connectivity index (χ0n) is 11.2. The van der Waals surface area contributed by atoms with E-state index < -0.39 is 0 Å². The van der Waals surface area contributed by atoms with Gasteiger partial charge in [0, 0.05) is 24.0 Å². The van der Waals surface area contributed by atoms with Gasteiger partial charge in [0.2, 0.25) is 0 Å². The molecule has 2 fully saturated rings. The Morgan fingerprint density at radius 3 is 2.89 bits per heavy atom. The maximum Gasteiger partial charge on any atom is 0.0823 e. The minimum Gasteiger partial charge on any atom is -0.380 e. The van der Waals surface area contributed by atoms with Crippen LogP contribution in [0.25, 0.3) is 0 Å². The highest BCUT2D eigenvalue weighted by molar-refractivity contribution is 6.43. The van der Waals surface area contributed by atoms with Crippen LogP contribution >= 0.6 is 23.2 Å². The van der Waals surface area contributed by atoms with Gasteiger partial charge >= 0.3 is 0 Å². The number of ether oxygens (including phenoxy) is 1. The maximum absolute atomic E-state index is 6.26. The van der Waals surface area contributed by atoms with Crippen LogP contribution in [-0.4, -0.2) is 18.8 Å². The second-order valence-electron chi connectivity index (χ2n) is 6.14. The van der Waals surface area contributed by atoms with E-state index in [1.54, 1.807) is 0 Å². The summed E-state index contributed by atoms with van der Waals surface area (Å²) in [6, 6.07) is 6.13. The van der Waals surface area contributed by atoms with Gasteiger partial charge in [-0.3, -0.25) is 0 Å². The van der Waals surface area contributed by atoms with Crippen molar-refractivity contribution in [2.45, 2.75) is 38.8 Å². The predicted octanol–water partition coefficient (Wildman–Crippen LogP) is 4.61. The number of rotatable bonds is 2. The summed E-state index contributed by atoms with van der Waals surface area (Å²) in [6.45, 7) is 5.42. The van der Waals surface area contributed by atoms with Crippen LogP contribution in [0.1, 0.15) is 26.7 Å². The Morgan fingerprint density at radius 1 is 1.32 bits per heavy atom. The quantitative estimate of drug-likeness (QED) is 0.861. The third-order valence-electron chi connectivity index (χ3n) is 4.59. The minimum atomic E-state index is 0.136. The molecular weight excluding hydrogens is 281 g/mol. The fourth-order valence-electron chi connectivity index (χ4n) is 3.60. The molecule has 2 aliphatic rings. The van der Waals surface area contributed by atoms with Crippen LogP contribution in [-0.2, 0) is 4.74 Å². The van der Waals surface area contributed by atoms with Crippen molar-refractivity contribution in [2.24, 2.45) is 11.3 Å². The normalized spacial score (nSPS) is 32.3. The monoisotopic (exact) mass is 299 g/mol. The van der Waals surface area contributed by atoms with E-state index in [4.69, 9.17) is 27.9 Å². The number of anilines is 1. The van der Waals surface area contributed by atoms with Crippen molar-refractivity contribution in [1.82, 2.24) is 0 Å². The Hall–Kier alpha value is -0.440. The van der Waals surface area contributed by atoms with Gasteiger partial charge in [-0.25, -0.2) is 0 Å². The average molecular weight is 300 g/mol. The summed E-state index contributed by atoms with van der Waals surface area (Å²) >= 11 is 12.3. The highest BCUT2D eigenvalue weighted by Gasteiger charge is 2.57. The number of fused-ring (bicyclic) bond motifs is 1. The van der Waals surface area contributed by atoms with Crippen LogP contribution in [0.2, 0.25) is 10.0 Å². The van der Waals surface area contributed by atoms with Crippen molar-refractivity contribution in [1.29, 1.82) is 0 Å². The maximum atomic E-state index is 6.26. The molecular formula is C15H19Cl2NO. The molecule has 0 bridgehead atoms. The van der Waals surface area contributed by atoms with Crippen LogP contribution in [0, 0.1) is 11.3 Å². The van der Waals surface area contributed by atoms with Gasteiger partial charge in [0.15, 0.2) is 0 Å². The molecule has 0 radical (unpaired) electrons. The zero-order valence-corrected chi connectivity index (χ0v) is 12.8. The van der Waals surface area contributed by atoms with E-state index in [-0.39, 0.29) is 5.41 Å². The fraction of sp³-hybridized carbons (Fsp3) is 0.600. The first kappa shape index (κ1) is 13.5. The summed E-state index contributed by atoms with van der Waals surface area (Å²) in [5.41, 5.74) is 1.06. The summed E-state index contributed by atoms with van der Waals surface area (Å²) in [4.78, 5) is 0. The molecule has 3 rings (SSSR count). The summed E-state index contributed by atoms with van der Waals surface area (Å²) in [5.74, 6) is 0.582. The number of hydrogen-bond acceptors (Lipinski definition) is 2.